The third-order valence-electron chi connectivity index (χ3n) is 3.63. The van der Waals surface area contributed by atoms with Crippen LogP contribution in [0.15, 0.2) is 18.2 Å². The first-order valence-electron chi connectivity index (χ1n) is 6.90. The Bertz CT molecular complexity index is 386. The number of hydrogen-bond acceptors (Lipinski definition) is 3. The third kappa shape index (κ3) is 3.03. The normalized spacial score (nSPS) is 19.2. The van der Waals surface area contributed by atoms with Crippen LogP contribution in [-0.2, 0) is 11.3 Å². The summed E-state index contributed by atoms with van der Waals surface area (Å²) in [5.41, 5.74) is 9.63. The van der Waals surface area contributed by atoms with E-state index in [-0.39, 0.29) is 0 Å². The van der Waals surface area contributed by atoms with Gasteiger partial charge in [0.2, 0.25) is 0 Å². The smallest absolute Gasteiger partial charge is 0.0750 e. The Kier molecular flexibility index (Phi) is 4.61. The van der Waals surface area contributed by atoms with E-state index in [0.717, 1.165) is 19.7 Å². The van der Waals surface area contributed by atoms with Gasteiger partial charge in [-0.05, 0) is 38.3 Å². The van der Waals surface area contributed by atoms with E-state index in [1.807, 2.05) is 0 Å². The van der Waals surface area contributed by atoms with Gasteiger partial charge in [-0.15, -0.1) is 0 Å². The number of rotatable bonds is 5. The molecular weight excluding hydrogens is 224 g/mol. The van der Waals surface area contributed by atoms with Gasteiger partial charge in [-0.25, -0.2) is 0 Å². The van der Waals surface area contributed by atoms with Crippen LogP contribution in [0, 0.1) is 6.92 Å². The molecule has 1 unspecified atom stereocenters. The Labute approximate surface area is 110 Å². The zero-order chi connectivity index (χ0) is 13.0. The maximum Gasteiger partial charge on any atom is 0.0750 e. The Balaban J connectivity index is 2.15. The number of anilines is 1. The highest BCUT2D eigenvalue weighted by molar-refractivity contribution is 5.55. The van der Waals surface area contributed by atoms with Crippen molar-refractivity contribution in [2.45, 2.75) is 39.3 Å². The standard InChI is InChI=1S/C15H24N2O/c1-3-17(11-14-5-4-8-18-14)15-7-6-12(2)9-13(15)10-16/h6-7,9,14H,3-5,8,10-11,16H2,1-2H3. The van der Waals surface area contributed by atoms with Gasteiger partial charge in [0, 0.05) is 31.9 Å². The number of hydrogen-bond donors (Lipinski definition) is 1. The SMILES string of the molecule is CCN(CC1CCCO1)c1ccc(C)cc1CN. The van der Waals surface area contributed by atoms with Gasteiger partial charge < -0.3 is 15.4 Å². The lowest BCUT2D eigenvalue weighted by atomic mass is 10.1. The summed E-state index contributed by atoms with van der Waals surface area (Å²) >= 11 is 0. The summed E-state index contributed by atoms with van der Waals surface area (Å²) in [6.07, 6.45) is 2.76. The van der Waals surface area contributed by atoms with Crippen molar-refractivity contribution in [3.63, 3.8) is 0 Å². The van der Waals surface area contributed by atoms with E-state index in [1.165, 1.54) is 29.7 Å². The molecule has 1 fully saturated rings. The maximum atomic E-state index is 5.86. The molecule has 18 heavy (non-hydrogen) atoms. The van der Waals surface area contributed by atoms with E-state index in [0.29, 0.717) is 12.6 Å². The summed E-state index contributed by atoms with van der Waals surface area (Å²) in [7, 11) is 0. The summed E-state index contributed by atoms with van der Waals surface area (Å²) in [6, 6.07) is 6.54. The van der Waals surface area contributed by atoms with E-state index in [1.54, 1.807) is 0 Å². The zero-order valence-corrected chi connectivity index (χ0v) is 11.5. The number of benzene rings is 1. The van der Waals surface area contributed by atoms with Gasteiger partial charge in [0.05, 0.1) is 6.10 Å². The molecular formula is C15H24N2O. The number of aryl methyl sites for hydroxylation is 1. The fraction of sp³-hybridized carbons (Fsp3) is 0.600. The highest BCUT2D eigenvalue weighted by Gasteiger charge is 2.19. The molecule has 1 aliphatic rings. The summed E-state index contributed by atoms with van der Waals surface area (Å²) in [5, 5.41) is 0. The fourth-order valence-electron chi connectivity index (χ4n) is 2.62. The van der Waals surface area contributed by atoms with Crippen molar-refractivity contribution in [3.05, 3.63) is 29.3 Å². The molecule has 1 aromatic carbocycles. The molecule has 0 amide bonds. The molecule has 0 bridgehead atoms. The van der Waals surface area contributed by atoms with Gasteiger partial charge >= 0.3 is 0 Å². The van der Waals surface area contributed by atoms with Crippen molar-refractivity contribution < 1.29 is 4.74 Å². The largest absolute Gasteiger partial charge is 0.376 e. The first-order valence-corrected chi connectivity index (χ1v) is 6.90. The predicted molar refractivity (Wildman–Crippen MR) is 75.9 cm³/mol. The van der Waals surface area contributed by atoms with Crippen LogP contribution in [0.3, 0.4) is 0 Å². The molecule has 0 spiro atoms. The molecule has 1 saturated heterocycles. The average Bonchev–Trinajstić information content (AvgIpc) is 2.89. The van der Waals surface area contributed by atoms with Gasteiger partial charge in [0.25, 0.3) is 0 Å². The molecule has 0 aromatic heterocycles. The molecule has 0 saturated carbocycles. The molecule has 1 aliphatic heterocycles. The monoisotopic (exact) mass is 248 g/mol. The third-order valence-corrected chi connectivity index (χ3v) is 3.63. The molecule has 1 atom stereocenters. The molecule has 1 aromatic rings. The Hall–Kier alpha value is -1.06. The summed E-state index contributed by atoms with van der Waals surface area (Å²) in [5.74, 6) is 0. The lowest BCUT2D eigenvalue weighted by Gasteiger charge is -2.28. The maximum absolute atomic E-state index is 5.86. The quantitative estimate of drug-likeness (QED) is 0.870. The first-order chi connectivity index (χ1) is 8.74. The minimum atomic E-state index is 0.386. The number of nitrogens with zero attached hydrogens (tertiary/aromatic N) is 1. The van der Waals surface area contributed by atoms with Crippen molar-refractivity contribution in [2.24, 2.45) is 5.73 Å². The highest BCUT2D eigenvalue weighted by Crippen LogP contribution is 2.24. The van der Waals surface area contributed by atoms with E-state index >= 15 is 0 Å². The van der Waals surface area contributed by atoms with Crippen LogP contribution in [0.5, 0.6) is 0 Å². The van der Waals surface area contributed by atoms with Crippen molar-refractivity contribution in [2.75, 3.05) is 24.6 Å². The van der Waals surface area contributed by atoms with Crippen molar-refractivity contribution in [1.29, 1.82) is 0 Å². The zero-order valence-electron chi connectivity index (χ0n) is 11.5. The number of nitrogens with two attached hydrogens (primary N) is 1. The van der Waals surface area contributed by atoms with Crippen molar-refractivity contribution >= 4 is 5.69 Å². The molecule has 2 N–H and O–H groups in total. The molecule has 3 nitrogen and oxygen atoms in total. The van der Waals surface area contributed by atoms with E-state index < -0.39 is 0 Å². The van der Waals surface area contributed by atoms with Gasteiger partial charge in [-0.2, -0.15) is 0 Å². The Morgan fingerprint density at radius 3 is 2.89 bits per heavy atom. The average molecular weight is 248 g/mol. The summed E-state index contributed by atoms with van der Waals surface area (Å²) in [4.78, 5) is 2.39. The second-order valence-electron chi connectivity index (χ2n) is 5.01. The van der Waals surface area contributed by atoms with Crippen LogP contribution in [0.25, 0.3) is 0 Å². The Morgan fingerprint density at radius 2 is 2.28 bits per heavy atom. The van der Waals surface area contributed by atoms with Crippen LogP contribution in [0.4, 0.5) is 5.69 Å². The molecule has 3 heteroatoms. The minimum absolute atomic E-state index is 0.386. The molecule has 1 heterocycles. The second kappa shape index (κ2) is 6.21. The lowest BCUT2D eigenvalue weighted by Crippen LogP contribution is -2.33. The number of likely N-dealkylation sites (N-methyl/N-ethyl adjacent to an activating group) is 1. The van der Waals surface area contributed by atoms with Gasteiger partial charge in [0.1, 0.15) is 0 Å². The molecule has 0 radical (unpaired) electrons. The fourth-order valence-corrected chi connectivity index (χ4v) is 2.62. The van der Waals surface area contributed by atoms with E-state index in [4.69, 9.17) is 10.5 Å². The van der Waals surface area contributed by atoms with Crippen LogP contribution in [0.2, 0.25) is 0 Å². The minimum Gasteiger partial charge on any atom is -0.376 e. The van der Waals surface area contributed by atoms with E-state index in [9.17, 15) is 0 Å². The van der Waals surface area contributed by atoms with Crippen molar-refractivity contribution in [3.8, 4) is 0 Å². The van der Waals surface area contributed by atoms with Crippen LogP contribution in [0.1, 0.15) is 30.9 Å². The van der Waals surface area contributed by atoms with Crippen LogP contribution >= 0.6 is 0 Å². The number of ether oxygens (including phenoxy) is 1. The van der Waals surface area contributed by atoms with Gasteiger partial charge in [-0.1, -0.05) is 17.7 Å². The van der Waals surface area contributed by atoms with E-state index in [2.05, 4.69) is 36.9 Å². The van der Waals surface area contributed by atoms with Gasteiger partial charge in [-0.3, -0.25) is 0 Å². The van der Waals surface area contributed by atoms with Gasteiger partial charge in [0.15, 0.2) is 0 Å². The van der Waals surface area contributed by atoms with Crippen LogP contribution < -0.4 is 10.6 Å². The Morgan fingerprint density at radius 1 is 1.44 bits per heavy atom. The highest BCUT2D eigenvalue weighted by atomic mass is 16.5. The van der Waals surface area contributed by atoms with Crippen LogP contribution in [-0.4, -0.2) is 25.8 Å². The predicted octanol–water partition coefficient (Wildman–Crippen LogP) is 2.46. The lowest BCUT2D eigenvalue weighted by molar-refractivity contribution is 0.115. The topological polar surface area (TPSA) is 38.5 Å². The summed E-state index contributed by atoms with van der Waals surface area (Å²) < 4.78 is 5.73. The molecule has 100 valence electrons. The molecule has 2 rings (SSSR count). The van der Waals surface area contributed by atoms with Crippen molar-refractivity contribution in [1.82, 2.24) is 0 Å². The molecule has 0 aliphatic carbocycles. The second-order valence-corrected chi connectivity index (χ2v) is 5.01. The summed E-state index contributed by atoms with van der Waals surface area (Å²) in [6.45, 7) is 7.79. The first kappa shape index (κ1) is 13.4.